The van der Waals surface area contributed by atoms with Crippen molar-refractivity contribution >= 4 is 43.6 Å². The predicted molar refractivity (Wildman–Crippen MR) is 317 cm³/mol. The van der Waals surface area contributed by atoms with E-state index in [-0.39, 0.29) is 75.9 Å². The largest absolute Gasteiger partial charge is 0.488 e. The summed E-state index contributed by atoms with van der Waals surface area (Å²) in [6.45, 7) is -1.98. The van der Waals surface area contributed by atoms with Crippen molar-refractivity contribution in [2.45, 2.75) is 0 Å². The van der Waals surface area contributed by atoms with Gasteiger partial charge in [0.25, 0.3) is 0 Å². The summed E-state index contributed by atoms with van der Waals surface area (Å²) in [6.07, 6.45) is 0. The molecule has 3 aliphatic rings. The number of hydrogen-bond acceptors (Lipinski definition) is 10. The zero-order valence-corrected chi connectivity index (χ0v) is 44.7. The van der Waals surface area contributed by atoms with E-state index >= 15 is 17.6 Å². The molecule has 6 N–H and O–H groups in total. The van der Waals surface area contributed by atoms with Crippen LogP contribution in [0, 0.1) is 23.3 Å². The molecule has 0 radical (unpaired) electrons. The van der Waals surface area contributed by atoms with E-state index in [9.17, 15) is 20.4 Å². The smallest absolute Gasteiger partial charge is 0.165 e. The van der Waals surface area contributed by atoms with Gasteiger partial charge in [-0.25, -0.2) is 27.5 Å². The monoisotopic (exact) mass is 1130 g/mol. The maximum absolute atomic E-state index is 16.7. The van der Waals surface area contributed by atoms with Crippen LogP contribution in [0.15, 0.2) is 170 Å². The van der Waals surface area contributed by atoms with E-state index in [4.69, 9.17) is 28.9 Å². The number of halogens is 4. The molecule has 0 spiro atoms. The van der Waals surface area contributed by atoms with Gasteiger partial charge in [-0.05, 0) is 70.8 Å². The number of aliphatic hydroxyl groups is 4. The fraction of sp³-hybridized carbons (Fsp3) is 0.118. The number of ether oxygens (including phenoxy) is 4. The van der Waals surface area contributed by atoms with Crippen LogP contribution in [0.25, 0.3) is 133 Å². The summed E-state index contributed by atoms with van der Waals surface area (Å²) in [5.74, 6) is -3.20. The molecule has 84 heavy (non-hydrogen) atoms. The molecule has 4 heterocycles. The molecule has 2 aromatic heterocycles. The first-order valence-corrected chi connectivity index (χ1v) is 27.1. The van der Waals surface area contributed by atoms with Crippen LogP contribution in [-0.4, -0.2) is 93.2 Å². The molecule has 2 aliphatic heterocycles. The van der Waals surface area contributed by atoms with Crippen LogP contribution in [0.5, 0.6) is 23.0 Å². The summed E-state index contributed by atoms with van der Waals surface area (Å²) >= 11 is 0. The summed E-state index contributed by atoms with van der Waals surface area (Å²) in [5, 5.41) is 41.3. The van der Waals surface area contributed by atoms with E-state index in [0.29, 0.717) is 133 Å². The molecule has 0 atom stereocenters. The molecule has 0 saturated carbocycles. The van der Waals surface area contributed by atoms with E-state index in [1.54, 1.807) is 24.3 Å². The van der Waals surface area contributed by atoms with Crippen LogP contribution in [0.3, 0.4) is 0 Å². The molecule has 16 heteroatoms. The second-order valence-corrected chi connectivity index (χ2v) is 19.9. The number of rotatable bonds is 16. The van der Waals surface area contributed by atoms with Crippen molar-refractivity contribution in [1.29, 1.82) is 0 Å². The number of nitrogens with one attached hydrogen (secondary N) is 2. The quantitative estimate of drug-likeness (QED) is 0.0511. The molecular weight excluding hydrogens is 1080 g/mol. The second kappa shape index (κ2) is 22.5. The van der Waals surface area contributed by atoms with Gasteiger partial charge in [0.2, 0.25) is 0 Å². The predicted octanol–water partition coefficient (Wildman–Crippen LogP) is 14.0. The first-order valence-electron chi connectivity index (χ1n) is 27.1. The van der Waals surface area contributed by atoms with E-state index in [2.05, 4.69) is 9.97 Å². The third kappa shape index (κ3) is 9.31. The Morgan fingerprint density at radius 2 is 0.536 bits per heavy atom. The Balaban J connectivity index is 1.31. The van der Waals surface area contributed by atoms with Crippen molar-refractivity contribution in [1.82, 2.24) is 19.9 Å². The molecule has 13 rings (SSSR count). The maximum Gasteiger partial charge on any atom is 0.165 e. The Hall–Kier alpha value is -9.84. The molecule has 0 fully saturated rings. The summed E-state index contributed by atoms with van der Waals surface area (Å²) < 4.78 is 89.5. The number of nitrogens with zero attached hydrogens (tertiary/aromatic N) is 2. The molecule has 12 nitrogen and oxygen atoms in total. The Bertz CT molecular complexity index is 4030. The summed E-state index contributed by atoms with van der Waals surface area (Å²) in [5.41, 5.74) is 9.34. The maximum atomic E-state index is 16.7. The lowest BCUT2D eigenvalue weighted by Gasteiger charge is -2.11. The first kappa shape index (κ1) is 53.5. The lowest BCUT2D eigenvalue weighted by molar-refractivity contribution is 0.196. The minimum absolute atomic E-state index is 0.0861. The number of hydrogen-bond donors (Lipinski definition) is 6. The Labute approximate surface area is 477 Å². The Morgan fingerprint density at radius 3 is 0.750 bits per heavy atom. The SMILES string of the molecule is OCCOc1ccc(-c2c3nc(c(-c4ccc(OCCO)c(F)c4)c4[nH]c(c(-c5ccc(OCCO)c(F)c5)c5nc(c(-c6ccc(OCCO)c(F)c6)c6[nH]c2c2ccccc62)-c2ccccc2-5)c2ccccc42)-c2ccccc2-3)cc1F. The van der Waals surface area contributed by atoms with E-state index < -0.39 is 23.3 Å². The van der Waals surface area contributed by atoms with Crippen molar-refractivity contribution in [3.8, 4) is 113 Å². The van der Waals surface area contributed by atoms with E-state index in [0.717, 1.165) is 0 Å². The third-order valence-corrected chi connectivity index (χ3v) is 15.0. The van der Waals surface area contributed by atoms with Gasteiger partial charge in [-0.2, -0.15) is 0 Å². The van der Waals surface area contributed by atoms with Crippen LogP contribution in [-0.2, 0) is 0 Å². The number of aromatic nitrogens is 4. The Kier molecular flexibility index (Phi) is 14.3. The molecule has 418 valence electrons. The van der Waals surface area contributed by atoms with Crippen molar-refractivity contribution in [3.05, 3.63) is 193 Å². The van der Waals surface area contributed by atoms with E-state index in [1.807, 2.05) is 97.1 Å². The van der Waals surface area contributed by atoms with Crippen molar-refractivity contribution in [2.24, 2.45) is 0 Å². The minimum atomic E-state index is -0.713. The van der Waals surface area contributed by atoms with Gasteiger partial charge in [-0.1, -0.05) is 121 Å². The highest BCUT2D eigenvalue weighted by Gasteiger charge is 2.31. The second-order valence-electron chi connectivity index (χ2n) is 19.9. The first-order chi connectivity index (χ1) is 41.2. The third-order valence-electron chi connectivity index (χ3n) is 15.0. The van der Waals surface area contributed by atoms with Gasteiger partial charge in [0, 0.05) is 66.1 Å². The van der Waals surface area contributed by atoms with Crippen LogP contribution in [0.4, 0.5) is 17.6 Å². The van der Waals surface area contributed by atoms with Crippen molar-refractivity contribution < 1.29 is 56.9 Å². The average Bonchev–Trinajstić information content (AvgIpc) is 4.20. The van der Waals surface area contributed by atoms with E-state index in [1.165, 1.54) is 48.5 Å². The molecule has 8 bridgehead atoms. The molecule has 0 amide bonds. The lowest BCUT2D eigenvalue weighted by Crippen LogP contribution is -2.03. The summed E-state index contributed by atoms with van der Waals surface area (Å²) in [4.78, 5) is 18.9. The van der Waals surface area contributed by atoms with Gasteiger partial charge in [-0.15, -0.1) is 0 Å². The summed E-state index contributed by atoms with van der Waals surface area (Å²) in [7, 11) is 0. The highest BCUT2D eigenvalue weighted by Crippen LogP contribution is 2.52. The zero-order valence-electron chi connectivity index (χ0n) is 44.7. The number of aliphatic hydroxyl groups excluding tert-OH is 4. The fourth-order valence-corrected chi connectivity index (χ4v) is 11.5. The van der Waals surface area contributed by atoms with Crippen LogP contribution in [0.1, 0.15) is 0 Å². The van der Waals surface area contributed by atoms with Gasteiger partial charge in [-0.3, -0.25) is 0 Å². The van der Waals surface area contributed by atoms with Gasteiger partial charge >= 0.3 is 0 Å². The average molecular weight is 1130 g/mol. The molecule has 8 aromatic carbocycles. The normalized spacial score (nSPS) is 11.7. The summed E-state index contributed by atoms with van der Waals surface area (Å²) in [6, 6.07) is 48.6. The number of benzene rings is 8. The topological polar surface area (TPSA) is 175 Å². The van der Waals surface area contributed by atoms with Crippen molar-refractivity contribution in [2.75, 3.05) is 52.9 Å². The van der Waals surface area contributed by atoms with Crippen LogP contribution < -0.4 is 18.9 Å². The van der Waals surface area contributed by atoms with Gasteiger partial charge in [0.05, 0.1) is 71.3 Å². The van der Waals surface area contributed by atoms with Gasteiger partial charge in [0.1, 0.15) is 26.4 Å². The van der Waals surface area contributed by atoms with Crippen LogP contribution in [0.2, 0.25) is 0 Å². The molecule has 0 saturated heterocycles. The number of aromatic amines is 2. The highest BCUT2D eigenvalue weighted by atomic mass is 19.1. The fourth-order valence-electron chi connectivity index (χ4n) is 11.5. The van der Waals surface area contributed by atoms with Crippen molar-refractivity contribution in [3.63, 3.8) is 0 Å². The molecule has 1 aliphatic carbocycles. The standard InChI is InChI=1S/C68H50F4N4O8/c69-49-33-37(17-21-53(49)81-29-25-77)57-61-41-9-1-2-10-42(41)62(73-61)58(38-18-22-54(50(70)34-38)82-30-26-78)64-45-13-5-6-14-46(45)66(75-64)60(40-20-24-56(52(72)36-40)84-32-28-80)68-48-16-8-7-15-47(48)67(76-68)59(39-19-23-55(51(71)35-39)83-31-27-79)65-44-12-4-3-11-43(44)63(57)74-65/h1-24,33-36,73,76-80H,25-32H2. The lowest BCUT2D eigenvalue weighted by atomic mass is 9.93. The molecule has 0 unspecified atom stereocenters. The van der Waals surface area contributed by atoms with Crippen LogP contribution >= 0.6 is 0 Å². The highest BCUT2D eigenvalue weighted by molar-refractivity contribution is 6.21. The molecule has 10 aromatic rings. The number of H-pyrrole nitrogens is 2. The van der Waals surface area contributed by atoms with Gasteiger partial charge < -0.3 is 49.3 Å². The Morgan fingerprint density at radius 1 is 0.310 bits per heavy atom. The molecular formula is C68H50F4N4O8. The van der Waals surface area contributed by atoms with Gasteiger partial charge in [0.15, 0.2) is 46.3 Å². The minimum Gasteiger partial charge on any atom is -0.488 e. The zero-order chi connectivity index (χ0) is 57.6.